The molecule has 0 N–H and O–H groups in total. The summed E-state index contributed by atoms with van der Waals surface area (Å²) in [4.78, 5) is 1.53. The molecule has 0 aliphatic heterocycles. The first-order valence-electron chi connectivity index (χ1n) is 3.96. The summed E-state index contributed by atoms with van der Waals surface area (Å²) in [5, 5.41) is 0. The van der Waals surface area contributed by atoms with Crippen LogP contribution < -0.4 is 0 Å². The molecule has 11 heavy (non-hydrogen) atoms. The molecule has 0 fully saturated rings. The third-order valence-electron chi connectivity index (χ3n) is 2.28. The minimum Gasteiger partial charge on any atom is -0.330 e. The zero-order valence-corrected chi connectivity index (χ0v) is 8.23. The molecule has 0 saturated carbocycles. The molecule has 0 unspecified atom stereocenters. The van der Waals surface area contributed by atoms with Crippen molar-refractivity contribution in [3.05, 3.63) is 14.5 Å². The molecular formula is C8H11NS2. The standard InChI is InChI=1S/C8H11NS2/c1-9-6-4-2-3-5-7(6)11-8(9)10/h2-5H2,1H3. The number of hydrogen-bond acceptors (Lipinski definition) is 2. The number of aryl methyl sites for hydroxylation is 1. The van der Waals surface area contributed by atoms with Crippen molar-refractivity contribution in [2.45, 2.75) is 25.7 Å². The molecule has 60 valence electrons. The maximum Gasteiger partial charge on any atom is 0.161 e. The van der Waals surface area contributed by atoms with Gasteiger partial charge in [-0.15, -0.1) is 11.3 Å². The number of thiazole rings is 1. The SMILES string of the molecule is Cn1c2c(sc1=S)CCCC2. The monoisotopic (exact) mass is 185 g/mol. The van der Waals surface area contributed by atoms with Gasteiger partial charge in [0.1, 0.15) is 0 Å². The van der Waals surface area contributed by atoms with E-state index < -0.39 is 0 Å². The summed E-state index contributed by atoms with van der Waals surface area (Å²) < 4.78 is 3.21. The second kappa shape index (κ2) is 2.72. The first-order valence-corrected chi connectivity index (χ1v) is 5.19. The lowest BCUT2D eigenvalue weighted by Crippen LogP contribution is -2.04. The molecule has 2 rings (SSSR count). The Kier molecular flexibility index (Phi) is 1.85. The summed E-state index contributed by atoms with van der Waals surface area (Å²) >= 11 is 7.00. The van der Waals surface area contributed by atoms with E-state index in [1.165, 1.54) is 36.3 Å². The highest BCUT2D eigenvalue weighted by Gasteiger charge is 2.13. The van der Waals surface area contributed by atoms with Crippen molar-refractivity contribution in [1.29, 1.82) is 0 Å². The molecule has 0 spiro atoms. The Morgan fingerprint density at radius 1 is 1.36 bits per heavy atom. The molecule has 1 aliphatic carbocycles. The maximum atomic E-state index is 5.20. The smallest absolute Gasteiger partial charge is 0.161 e. The number of nitrogens with zero attached hydrogens (tertiary/aromatic N) is 1. The van der Waals surface area contributed by atoms with Crippen molar-refractivity contribution in [2.75, 3.05) is 0 Å². The van der Waals surface area contributed by atoms with Crippen LogP contribution in [-0.4, -0.2) is 4.57 Å². The molecular weight excluding hydrogens is 174 g/mol. The molecule has 0 aromatic carbocycles. The molecule has 0 saturated heterocycles. The summed E-state index contributed by atoms with van der Waals surface area (Å²) in [6.07, 6.45) is 5.18. The number of hydrogen-bond donors (Lipinski definition) is 0. The summed E-state index contributed by atoms with van der Waals surface area (Å²) in [7, 11) is 2.09. The molecule has 1 aromatic rings. The van der Waals surface area contributed by atoms with Gasteiger partial charge in [-0.2, -0.15) is 0 Å². The highest BCUT2D eigenvalue weighted by molar-refractivity contribution is 7.73. The largest absolute Gasteiger partial charge is 0.330 e. The fraction of sp³-hybridized carbons (Fsp3) is 0.625. The zero-order chi connectivity index (χ0) is 7.84. The van der Waals surface area contributed by atoms with Gasteiger partial charge in [-0.25, -0.2) is 0 Å². The predicted molar refractivity (Wildman–Crippen MR) is 50.8 cm³/mol. The van der Waals surface area contributed by atoms with Crippen LogP contribution in [0.4, 0.5) is 0 Å². The lowest BCUT2D eigenvalue weighted by molar-refractivity contribution is 0.649. The fourth-order valence-electron chi connectivity index (χ4n) is 1.61. The molecule has 1 nitrogen and oxygen atoms in total. The van der Waals surface area contributed by atoms with Crippen LogP contribution in [0, 0.1) is 3.95 Å². The van der Waals surface area contributed by atoms with E-state index in [2.05, 4.69) is 11.6 Å². The average Bonchev–Trinajstić information content (AvgIpc) is 2.30. The van der Waals surface area contributed by atoms with Gasteiger partial charge in [0.2, 0.25) is 0 Å². The van der Waals surface area contributed by atoms with Gasteiger partial charge in [0.05, 0.1) is 0 Å². The fourth-order valence-corrected chi connectivity index (χ4v) is 3.08. The predicted octanol–water partition coefficient (Wildman–Crippen LogP) is 2.69. The van der Waals surface area contributed by atoms with Crippen molar-refractivity contribution >= 4 is 23.6 Å². The van der Waals surface area contributed by atoms with Gasteiger partial charge >= 0.3 is 0 Å². The molecule has 0 bridgehead atoms. The summed E-state index contributed by atoms with van der Waals surface area (Å²) in [6, 6.07) is 0. The highest BCUT2D eigenvalue weighted by atomic mass is 32.1. The zero-order valence-electron chi connectivity index (χ0n) is 6.59. The quantitative estimate of drug-likeness (QED) is 0.563. The Bertz CT molecular complexity index is 321. The minimum absolute atomic E-state index is 1.04. The first-order chi connectivity index (χ1) is 5.29. The molecule has 0 atom stereocenters. The van der Waals surface area contributed by atoms with Gasteiger partial charge in [-0.05, 0) is 37.9 Å². The topological polar surface area (TPSA) is 4.93 Å². The van der Waals surface area contributed by atoms with Crippen LogP contribution in [0.25, 0.3) is 0 Å². The van der Waals surface area contributed by atoms with Crippen LogP contribution in [0.3, 0.4) is 0 Å². The highest BCUT2D eigenvalue weighted by Crippen LogP contribution is 2.26. The van der Waals surface area contributed by atoms with Crippen LogP contribution in [0.15, 0.2) is 0 Å². The number of aromatic nitrogens is 1. The van der Waals surface area contributed by atoms with E-state index in [0.717, 1.165) is 3.95 Å². The first kappa shape index (κ1) is 7.50. The van der Waals surface area contributed by atoms with Gasteiger partial charge < -0.3 is 4.57 Å². The average molecular weight is 185 g/mol. The minimum atomic E-state index is 1.04. The van der Waals surface area contributed by atoms with Crippen LogP contribution in [0.2, 0.25) is 0 Å². The Morgan fingerprint density at radius 3 is 2.82 bits per heavy atom. The Balaban J connectivity index is 2.59. The van der Waals surface area contributed by atoms with E-state index in [0.29, 0.717) is 0 Å². The van der Waals surface area contributed by atoms with Crippen molar-refractivity contribution in [3.63, 3.8) is 0 Å². The van der Waals surface area contributed by atoms with E-state index in [4.69, 9.17) is 12.2 Å². The van der Waals surface area contributed by atoms with Gasteiger partial charge in [-0.3, -0.25) is 0 Å². The maximum absolute atomic E-state index is 5.20. The molecule has 0 radical (unpaired) electrons. The normalized spacial score (nSPS) is 16.5. The van der Waals surface area contributed by atoms with Gasteiger partial charge in [-0.1, -0.05) is 0 Å². The third kappa shape index (κ3) is 1.16. The van der Waals surface area contributed by atoms with Crippen LogP contribution in [0.1, 0.15) is 23.4 Å². The van der Waals surface area contributed by atoms with Crippen molar-refractivity contribution in [1.82, 2.24) is 4.57 Å². The van der Waals surface area contributed by atoms with E-state index in [1.807, 2.05) is 0 Å². The molecule has 1 heterocycles. The lowest BCUT2D eigenvalue weighted by Gasteiger charge is -2.11. The van der Waals surface area contributed by atoms with E-state index in [9.17, 15) is 0 Å². The molecule has 1 aliphatic rings. The van der Waals surface area contributed by atoms with Crippen molar-refractivity contribution in [2.24, 2.45) is 7.05 Å². The third-order valence-corrected chi connectivity index (χ3v) is 3.94. The van der Waals surface area contributed by atoms with Crippen molar-refractivity contribution in [3.8, 4) is 0 Å². The summed E-state index contributed by atoms with van der Waals surface area (Å²) in [6.45, 7) is 0. The van der Waals surface area contributed by atoms with Crippen LogP contribution in [-0.2, 0) is 19.9 Å². The molecule has 0 amide bonds. The second-order valence-corrected chi connectivity index (χ2v) is 4.73. The molecule has 3 heteroatoms. The summed E-state index contributed by atoms with van der Waals surface area (Å²) in [5.41, 5.74) is 1.49. The van der Waals surface area contributed by atoms with Gasteiger partial charge in [0.25, 0.3) is 0 Å². The number of rotatable bonds is 0. The summed E-state index contributed by atoms with van der Waals surface area (Å²) in [5.74, 6) is 0. The van der Waals surface area contributed by atoms with Gasteiger partial charge in [0.15, 0.2) is 3.95 Å². The second-order valence-electron chi connectivity index (χ2n) is 3.00. The Labute approximate surface area is 75.7 Å². The van der Waals surface area contributed by atoms with Crippen LogP contribution >= 0.6 is 23.6 Å². The van der Waals surface area contributed by atoms with E-state index in [1.54, 1.807) is 11.3 Å². The number of fused-ring (bicyclic) bond motifs is 1. The van der Waals surface area contributed by atoms with Crippen molar-refractivity contribution < 1.29 is 0 Å². The molecule has 1 aromatic heterocycles. The Hall–Kier alpha value is -0.150. The van der Waals surface area contributed by atoms with Crippen LogP contribution in [0.5, 0.6) is 0 Å². The lowest BCUT2D eigenvalue weighted by atomic mass is 10.0. The van der Waals surface area contributed by atoms with E-state index in [-0.39, 0.29) is 0 Å². The van der Waals surface area contributed by atoms with Gasteiger partial charge in [0, 0.05) is 17.6 Å². The Morgan fingerprint density at radius 2 is 2.09 bits per heavy atom. The van der Waals surface area contributed by atoms with E-state index >= 15 is 0 Å².